The summed E-state index contributed by atoms with van der Waals surface area (Å²) in [6, 6.07) is 6.78. The lowest BCUT2D eigenvalue weighted by Gasteiger charge is -2.22. The third-order valence-corrected chi connectivity index (χ3v) is 2.98. The third-order valence-electron chi connectivity index (χ3n) is 2.71. The van der Waals surface area contributed by atoms with E-state index in [1.54, 1.807) is 0 Å². The van der Waals surface area contributed by atoms with Crippen molar-refractivity contribution < 1.29 is 0 Å². The fourth-order valence-corrected chi connectivity index (χ4v) is 2.04. The Hall–Kier alpha value is -0.490. The van der Waals surface area contributed by atoms with Crippen molar-refractivity contribution in [2.45, 2.75) is 46.0 Å². The van der Waals surface area contributed by atoms with Crippen LogP contribution in [0.25, 0.3) is 0 Å². The monoisotopic (exact) mass is 224 g/mol. The molecule has 1 rings (SSSR count). The van der Waals surface area contributed by atoms with E-state index in [9.17, 15) is 0 Å². The van der Waals surface area contributed by atoms with Crippen molar-refractivity contribution in [1.82, 2.24) is 0 Å². The maximum atomic E-state index is 5.71. The molecule has 0 atom stereocenters. The van der Waals surface area contributed by atoms with Crippen molar-refractivity contribution in [3.05, 3.63) is 34.9 Å². The molecule has 0 heterocycles. The second kappa shape index (κ2) is 5.03. The molecule has 0 nitrogen and oxygen atoms in total. The van der Waals surface area contributed by atoms with Crippen LogP contribution in [0.15, 0.2) is 18.2 Å². The SMILES string of the molecule is Cc1ccc(CCCCl)cc1C(C)(C)C. The van der Waals surface area contributed by atoms with Gasteiger partial charge >= 0.3 is 0 Å². The summed E-state index contributed by atoms with van der Waals surface area (Å²) in [7, 11) is 0. The van der Waals surface area contributed by atoms with E-state index >= 15 is 0 Å². The van der Waals surface area contributed by atoms with Crippen LogP contribution < -0.4 is 0 Å². The fourth-order valence-electron chi connectivity index (χ4n) is 1.90. The van der Waals surface area contributed by atoms with Gasteiger partial charge in [0, 0.05) is 5.88 Å². The van der Waals surface area contributed by atoms with Crippen molar-refractivity contribution in [3.63, 3.8) is 0 Å². The molecule has 0 saturated carbocycles. The van der Waals surface area contributed by atoms with Gasteiger partial charge in [0.2, 0.25) is 0 Å². The van der Waals surface area contributed by atoms with E-state index in [0.29, 0.717) is 0 Å². The van der Waals surface area contributed by atoms with Gasteiger partial charge in [-0.2, -0.15) is 0 Å². The highest BCUT2D eigenvalue weighted by molar-refractivity contribution is 6.17. The average molecular weight is 225 g/mol. The van der Waals surface area contributed by atoms with Crippen LogP contribution in [0.2, 0.25) is 0 Å². The Balaban J connectivity index is 2.95. The fraction of sp³-hybridized carbons (Fsp3) is 0.571. The minimum absolute atomic E-state index is 0.237. The van der Waals surface area contributed by atoms with Gasteiger partial charge in [-0.15, -0.1) is 11.6 Å². The summed E-state index contributed by atoms with van der Waals surface area (Å²) in [5.74, 6) is 0.749. The third kappa shape index (κ3) is 3.53. The zero-order valence-corrected chi connectivity index (χ0v) is 11.0. The number of rotatable bonds is 3. The molecule has 0 fully saturated rings. The molecule has 0 unspecified atom stereocenters. The van der Waals surface area contributed by atoms with E-state index in [1.165, 1.54) is 16.7 Å². The van der Waals surface area contributed by atoms with Gasteiger partial charge in [-0.05, 0) is 41.9 Å². The number of benzene rings is 1. The van der Waals surface area contributed by atoms with Crippen molar-refractivity contribution >= 4 is 11.6 Å². The molecule has 0 aromatic heterocycles. The number of halogens is 1. The van der Waals surface area contributed by atoms with Gasteiger partial charge in [-0.3, -0.25) is 0 Å². The molecule has 1 aromatic carbocycles. The molecule has 0 aliphatic carbocycles. The van der Waals surface area contributed by atoms with E-state index in [0.717, 1.165) is 18.7 Å². The molecule has 0 N–H and O–H groups in total. The molecule has 1 aromatic rings. The van der Waals surface area contributed by atoms with Crippen LogP contribution in [0.4, 0.5) is 0 Å². The van der Waals surface area contributed by atoms with E-state index in [-0.39, 0.29) is 5.41 Å². The van der Waals surface area contributed by atoms with Crippen molar-refractivity contribution in [2.24, 2.45) is 0 Å². The summed E-state index contributed by atoms with van der Waals surface area (Å²) in [5, 5.41) is 0. The molecule has 0 saturated heterocycles. The van der Waals surface area contributed by atoms with E-state index < -0.39 is 0 Å². The molecule has 0 aliphatic rings. The Labute approximate surface area is 98.7 Å². The smallest absolute Gasteiger partial charge is 0.0226 e. The predicted molar refractivity (Wildman–Crippen MR) is 68.9 cm³/mol. The Morgan fingerprint density at radius 3 is 2.40 bits per heavy atom. The highest BCUT2D eigenvalue weighted by atomic mass is 35.5. The van der Waals surface area contributed by atoms with Crippen LogP contribution in [0.5, 0.6) is 0 Å². The summed E-state index contributed by atoms with van der Waals surface area (Å²) in [6.45, 7) is 8.98. The normalized spacial score (nSPS) is 11.8. The number of alkyl halides is 1. The summed E-state index contributed by atoms with van der Waals surface area (Å²) in [5.41, 5.74) is 4.49. The molecule has 84 valence electrons. The topological polar surface area (TPSA) is 0 Å². The van der Waals surface area contributed by atoms with Gasteiger partial charge in [0.15, 0.2) is 0 Å². The summed E-state index contributed by atoms with van der Waals surface area (Å²) >= 11 is 5.71. The van der Waals surface area contributed by atoms with Crippen LogP contribution in [0.3, 0.4) is 0 Å². The first-order chi connectivity index (χ1) is 6.95. The second-order valence-corrected chi connectivity index (χ2v) is 5.57. The first-order valence-electron chi connectivity index (χ1n) is 5.61. The van der Waals surface area contributed by atoms with Gasteiger partial charge in [-0.1, -0.05) is 39.0 Å². The first kappa shape index (κ1) is 12.6. The van der Waals surface area contributed by atoms with Gasteiger partial charge in [0.05, 0.1) is 0 Å². The quantitative estimate of drug-likeness (QED) is 0.665. The molecule has 0 bridgehead atoms. The van der Waals surface area contributed by atoms with Crippen molar-refractivity contribution in [3.8, 4) is 0 Å². The molecule has 0 radical (unpaired) electrons. The summed E-state index contributed by atoms with van der Waals surface area (Å²) < 4.78 is 0. The lowest BCUT2D eigenvalue weighted by atomic mass is 9.83. The molecule has 0 spiro atoms. The van der Waals surface area contributed by atoms with E-state index in [4.69, 9.17) is 11.6 Å². The Bertz CT molecular complexity index is 321. The highest BCUT2D eigenvalue weighted by Crippen LogP contribution is 2.26. The van der Waals surface area contributed by atoms with Crippen molar-refractivity contribution in [2.75, 3.05) is 5.88 Å². The van der Waals surface area contributed by atoms with Gasteiger partial charge in [0.25, 0.3) is 0 Å². The number of hydrogen-bond acceptors (Lipinski definition) is 0. The minimum Gasteiger partial charge on any atom is -0.127 e. The average Bonchev–Trinajstić information content (AvgIpc) is 2.15. The lowest BCUT2D eigenvalue weighted by Crippen LogP contribution is -2.13. The highest BCUT2D eigenvalue weighted by Gasteiger charge is 2.16. The maximum absolute atomic E-state index is 5.71. The molecule has 0 amide bonds. The van der Waals surface area contributed by atoms with Crippen LogP contribution >= 0.6 is 11.6 Å². The standard InChI is InChI=1S/C14H21Cl/c1-11-7-8-12(6-5-9-15)10-13(11)14(2,3)4/h7-8,10H,5-6,9H2,1-4H3. The molecular formula is C14H21Cl. The zero-order valence-electron chi connectivity index (χ0n) is 10.2. The molecule has 1 heteroatoms. The van der Waals surface area contributed by atoms with Crippen LogP contribution in [-0.4, -0.2) is 5.88 Å². The maximum Gasteiger partial charge on any atom is 0.0226 e. The first-order valence-corrected chi connectivity index (χ1v) is 6.14. The van der Waals surface area contributed by atoms with Gasteiger partial charge in [0.1, 0.15) is 0 Å². The minimum atomic E-state index is 0.237. The number of aryl methyl sites for hydroxylation is 2. The predicted octanol–water partition coefficient (Wildman–Crippen LogP) is 4.46. The van der Waals surface area contributed by atoms with Crippen LogP contribution in [-0.2, 0) is 11.8 Å². The summed E-state index contributed by atoms with van der Waals surface area (Å²) in [4.78, 5) is 0. The Morgan fingerprint density at radius 2 is 1.87 bits per heavy atom. The van der Waals surface area contributed by atoms with Crippen LogP contribution in [0, 0.1) is 6.92 Å². The van der Waals surface area contributed by atoms with Gasteiger partial charge < -0.3 is 0 Å². The largest absolute Gasteiger partial charge is 0.127 e. The zero-order chi connectivity index (χ0) is 11.5. The van der Waals surface area contributed by atoms with Crippen LogP contribution in [0.1, 0.15) is 43.9 Å². The lowest BCUT2D eigenvalue weighted by molar-refractivity contribution is 0.585. The molecular weight excluding hydrogens is 204 g/mol. The summed E-state index contributed by atoms with van der Waals surface area (Å²) in [6.07, 6.45) is 2.15. The molecule has 15 heavy (non-hydrogen) atoms. The Kier molecular flexibility index (Phi) is 4.21. The number of hydrogen-bond donors (Lipinski definition) is 0. The van der Waals surface area contributed by atoms with Gasteiger partial charge in [-0.25, -0.2) is 0 Å². The van der Waals surface area contributed by atoms with E-state index in [1.807, 2.05) is 0 Å². The van der Waals surface area contributed by atoms with E-state index in [2.05, 4.69) is 45.9 Å². The Morgan fingerprint density at radius 1 is 1.20 bits per heavy atom. The van der Waals surface area contributed by atoms with Crippen molar-refractivity contribution in [1.29, 1.82) is 0 Å². The second-order valence-electron chi connectivity index (χ2n) is 5.19. The molecule has 0 aliphatic heterocycles.